The summed E-state index contributed by atoms with van der Waals surface area (Å²) >= 11 is 0. The lowest BCUT2D eigenvalue weighted by molar-refractivity contribution is 0.0769. The molecule has 0 radical (unpaired) electrons. The number of phenols is 1. The molecule has 26 heavy (non-hydrogen) atoms. The van der Waals surface area contributed by atoms with E-state index in [1.165, 1.54) is 13.2 Å². The quantitative estimate of drug-likeness (QED) is 0.702. The number of aromatic hydroxyl groups is 1. The van der Waals surface area contributed by atoms with Crippen LogP contribution >= 0.6 is 0 Å². The topological polar surface area (TPSA) is 105 Å². The van der Waals surface area contributed by atoms with Gasteiger partial charge >= 0.3 is 6.09 Å². The van der Waals surface area contributed by atoms with Crippen molar-refractivity contribution in [2.24, 2.45) is 0 Å². The molecule has 3 N–H and O–H groups in total. The second-order valence-electron chi connectivity index (χ2n) is 5.51. The number of imide groups is 1. The smallest absolute Gasteiger partial charge is 0.414 e. The summed E-state index contributed by atoms with van der Waals surface area (Å²) in [5.74, 6) is -0.379. The summed E-state index contributed by atoms with van der Waals surface area (Å²) < 4.78 is 10.3. The summed E-state index contributed by atoms with van der Waals surface area (Å²) in [6, 6.07) is 12.9. The van der Waals surface area contributed by atoms with Crippen LogP contribution in [0.1, 0.15) is 34.9 Å². The number of rotatable bonds is 7. The normalized spacial score (nSPS) is 11.5. The van der Waals surface area contributed by atoms with E-state index in [0.29, 0.717) is 29.7 Å². The number of alkyl carbamates (subject to hydrolysis) is 1. The highest BCUT2D eigenvalue weighted by atomic mass is 16.6. The number of methoxy groups -OCH3 is 1. The van der Waals surface area contributed by atoms with Crippen LogP contribution in [0, 0.1) is 0 Å². The van der Waals surface area contributed by atoms with E-state index in [4.69, 9.17) is 14.6 Å². The molecule has 0 aliphatic carbocycles. The second-order valence-corrected chi connectivity index (χ2v) is 5.51. The molecule has 0 aliphatic rings. The lowest BCUT2D eigenvalue weighted by Gasteiger charge is -2.19. The van der Waals surface area contributed by atoms with Crippen LogP contribution in [0.3, 0.4) is 0 Å². The summed E-state index contributed by atoms with van der Waals surface area (Å²) in [7, 11) is 1.43. The maximum Gasteiger partial charge on any atom is 0.414 e. The fourth-order valence-electron chi connectivity index (χ4n) is 2.39. The van der Waals surface area contributed by atoms with Gasteiger partial charge in [-0.3, -0.25) is 10.1 Å². The number of amides is 2. The minimum absolute atomic E-state index is 0.0768. The highest BCUT2D eigenvalue weighted by Gasteiger charge is 2.20. The number of hydrogen-bond acceptors (Lipinski definition) is 6. The molecule has 0 saturated heterocycles. The maximum atomic E-state index is 12.1. The van der Waals surface area contributed by atoms with Crippen molar-refractivity contribution in [2.45, 2.75) is 18.9 Å². The van der Waals surface area contributed by atoms with Crippen LogP contribution in [0.2, 0.25) is 0 Å². The van der Waals surface area contributed by atoms with Crippen molar-refractivity contribution in [3.8, 4) is 11.5 Å². The third kappa shape index (κ3) is 5.22. The van der Waals surface area contributed by atoms with E-state index in [0.717, 1.165) is 0 Å². The Morgan fingerprint density at radius 3 is 2.50 bits per heavy atom. The van der Waals surface area contributed by atoms with E-state index in [-0.39, 0.29) is 12.4 Å². The summed E-state index contributed by atoms with van der Waals surface area (Å²) in [6.45, 7) is -0.0768. The molecule has 2 aromatic rings. The molecule has 0 saturated carbocycles. The van der Waals surface area contributed by atoms with Gasteiger partial charge in [0.25, 0.3) is 5.91 Å². The molecule has 0 heterocycles. The first-order valence-corrected chi connectivity index (χ1v) is 8.10. The molecule has 2 amide bonds. The van der Waals surface area contributed by atoms with Crippen molar-refractivity contribution >= 4 is 12.0 Å². The standard InChI is InChI=1S/C19H21NO6/c1-25-17-10-9-14(12-15(17)22)16(8-5-11-21)26-19(24)20-18(23)13-6-3-2-4-7-13/h2-4,6-7,9-10,12,16,21-22H,5,8,11H2,1H3,(H,20,23,24)/t16-/m1/s1. The summed E-state index contributed by atoms with van der Waals surface area (Å²) in [5, 5.41) is 21.1. The van der Waals surface area contributed by atoms with Crippen LogP contribution in [-0.2, 0) is 4.74 Å². The number of hydrogen-bond donors (Lipinski definition) is 3. The zero-order valence-corrected chi connectivity index (χ0v) is 14.3. The zero-order chi connectivity index (χ0) is 18.9. The summed E-state index contributed by atoms with van der Waals surface area (Å²) in [5.41, 5.74) is 0.859. The third-order valence-electron chi connectivity index (χ3n) is 3.70. The predicted octanol–water partition coefficient (Wildman–Crippen LogP) is 2.78. The molecule has 0 spiro atoms. The Bertz CT molecular complexity index is 747. The molecule has 7 heteroatoms. The molecular formula is C19H21NO6. The van der Waals surface area contributed by atoms with Crippen molar-refractivity contribution < 1.29 is 29.3 Å². The van der Waals surface area contributed by atoms with Crippen molar-refractivity contribution in [3.05, 3.63) is 59.7 Å². The number of ether oxygens (including phenoxy) is 2. The first kappa shape index (κ1) is 19.3. The van der Waals surface area contributed by atoms with Crippen molar-refractivity contribution in [3.63, 3.8) is 0 Å². The first-order valence-electron chi connectivity index (χ1n) is 8.10. The third-order valence-corrected chi connectivity index (χ3v) is 3.70. The largest absolute Gasteiger partial charge is 0.504 e. The Morgan fingerprint density at radius 2 is 1.88 bits per heavy atom. The lowest BCUT2D eigenvalue weighted by atomic mass is 10.0. The fraction of sp³-hybridized carbons (Fsp3) is 0.263. The molecule has 0 fully saturated rings. The molecule has 2 rings (SSSR count). The van der Waals surface area contributed by atoms with E-state index in [1.807, 2.05) is 0 Å². The van der Waals surface area contributed by atoms with Gasteiger partial charge in [0.05, 0.1) is 7.11 Å². The highest BCUT2D eigenvalue weighted by molar-refractivity contribution is 6.02. The van der Waals surface area contributed by atoms with Gasteiger partial charge in [-0.1, -0.05) is 24.3 Å². The Kier molecular flexibility index (Phi) is 6.99. The Hall–Kier alpha value is -3.06. The van der Waals surface area contributed by atoms with Gasteiger partial charge in [-0.25, -0.2) is 4.79 Å². The molecule has 138 valence electrons. The molecular weight excluding hydrogens is 338 g/mol. The van der Waals surface area contributed by atoms with Gasteiger partial charge in [-0.2, -0.15) is 0 Å². The molecule has 0 aliphatic heterocycles. The maximum absolute atomic E-state index is 12.1. The van der Waals surface area contributed by atoms with E-state index in [9.17, 15) is 14.7 Å². The molecule has 0 bridgehead atoms. The van der Waals surface area contributed by atoms with Crippen LogP contribution in [0.5, 0.6) is 11.5 Å². The Balaban J connectivity index is 2.08. The Morgan fingerprint density at radius 1 is 1.15 bits per heavy atom. The number of benzene rings is 2. The molecule has 1 atom stereocenters. The van der Waals surface area contributed by atoms with E-state index >= 15 is 0 Å². The average Bonchev–Trinajstić information content (AvgIpc) is 2.65. The van der Waals surface area contributed by atoms with Gasteiger partial charge in [0.1, 0.15) is 6.10 Å². The van der Waals surface area contributed by atoms with Gasteiger partial charge in [-0.05, 0) is 42.7 Å². The van der Waals surface area contributed by atoms with Crippen LogP contribution < -0.4 is 10.1 Å². The molecule has 0 aromatic heterocycles. The van der Waals surface area contributed by atoms with E-state index in [2.05, 4.69) is 5.32 Å². The number of aliphatic hydroxyl groups is 1. The molecule has 7 nitrogen and oxygen atoms in total. The summed E-state index contributed by atoms with van der Waals surface area (Å²) in [6.07, 6.45) is -0.924. The monoisotopic (exact) mass is 359 g/mol. The fourth-order valence-corrected chi connectivity index (χ4v) is 2.39. The number of carbonyl (C=O) groups is 2. The predicted molar refractivity (Wildman–Crippen MR) is 94.1 cm³/mol. The van der Waals surface area contributed by atoms with E-state index < -0.39 is 18.1 Å². The second kappa shape index (κ2) is 9.43. The van der Waals surface area contributed by atoms with Gasteiger partial charge < -0.3 is 19.7 Å². The zero-order valence-electron chi connectivity index (χ0n) is 14.3. The summed E-state index contributed by atoms with van der Waals surface area (Å²) in [4.78, 5) is 24.1. The van der Waals surface area contributed by atoms with Crippen LogP contribution in [-0.4, -0.2) is 35.9 Å². The van der Waals surface area contributed by atoms with Gasteiger partial charge in [0.15, 0.2) is 11.5 Å². The number of aliphatic hydroxyl groups excluding tert-OH is 1. The highest BCUT2D eigenvalue weighted by Crippen LogP contribution is 2.32. The molecule has 0 unspecified atom stereocenters. The number of nitrogens with one attached hydrogen (secondary N) is 1. The van der Waals surface area contributed by atoms with Gasteiger partial charge in [0.2, 0.25) is 0 Å². The Labute approximate surface area is 151 Å². The van der Waals surface area contributed by atoms with Crippen molar-refractivity contribution in [1.29, 1.82) is 0 Å². The van der Waals surface area contributed by atoms with Gasteiger partial charge in [0, 0.05) is 12.2 Å². The van der Waals surface area contributed by atoms with E-state index in [1.54, 1.807) is 42.5 Å². The average molecular weight is 359 g/mol. The van der Waals surface area contributed by atoms with Crippen LogP contribution in [0.15, 0.2) is 48.5 Å². The van der Waals surface area contributed by atoms with Crippen molar-refractivity contribution in [1.82, 2.24) is 5.32 Å². The van der Waals surface area contributed by atoms with Crippen molar-refractivity contribution in [2.75, 3.05) is 13.7 Å². The van der Waals surface area contributed by atoms with Gasteiger partial charge in [-0.15, -0.1) is 0 Å². The SMILES string of the molecule is COc1ccc([C@@H](CCCO)OC(=O)NC(=O)c2ccccc2)cc1O. The molecule has 2 aromatic carbocycles. The lowest BCUT2D eigenvalue weighted by Crippen LogP contribution is -2.32. The minimum Gasteiger partial charge on any atom is -0.504 e. The number of carbonyl (C=O) groups excluding carboxylic acids is 2. The van der Waals surface area contributed by atoms with Crippen LogP contribution in [0.4, 0.5) is 4.79 Å². The minimum atomic E-state index is -0.905. The first-order chi connectivity index (χ1) is 12.5. The number of phenolic OH excluding ortho intramolecular Hbond substituents is 1. The van der Waals surface area contributed by atoms with Crippen LogP contribution in [0.25, 0.3) is 0 Å².